The second-order valence-corrected chi connectivity index (χ2v) is 4.35. The molecule has 0 radical (unpaired) electrons. The van der Waals surface area contributed by atoms with Gasteiger partial charge in [-0.25, -0.2) is 0 Å². The normalized spacial score (nSPS) is 10.9. The second kappa shape index (κ2) is 3.19. The highest BCUT2D eigenvalue weighted by Gasteiger charge is 2.14. The number of hydrogen-bond donors (Lipinski definition) is 2. The molecular weight excluding hydrogens is 180 g/mol. The van der Waals surface area contributed by atoms with E-state index in [9.17, 15) is 5.11 Å². The van der Waals surface area contributed by atoms with Crippen LogP contribution in [0.15, 0.2) is 0 Å². The third-order valence-corrected chi connectivity index (χ3v) is 3.52. The van der Waals surface area contributed by atoms with E-state index in [1.165, 1.54) is 16.4 Å². The number of phenols is 1. The maximum Gasteiger partial charge on any atom is 0.160 e. The van der Waals surface area contributed by atoms with Crippen LogP contribution in [0.3, 0.4) is 0 Å². The summed E-state index contributed by atoms with van der Waals surface area (Å²) < 4.78 is 0. The molecule has 0 saturated heterocycles. The van der Waals surface area contributed by atoms with Gasteiger partial charge in [-0.2, -0.15) is 0 Å². The minimum Gasteiger partial charge on any atom is -0.509 e. The highest BCUT2D eigenvalue weighted by molar-refractivity contribution is 6.62. The van der Waals surface area contributed by atoms with E-state index in [0.29, 0.717) is 5.75 Å². The monoisotopic (exact) mass is 193 g/mol. The van der Waals surface area contributed by atoms with Gasteiger partial charge in [0.05, 0.1) is 0 Å². The van der Waals surface area contributed by atoms with Crippen LogP contribution in [-0.2, 0) is 0 Å². The van der Waals surface area contributed by atoms with Crippen molar-refractivity contribution in [2.24, 2.45) is 0 Å². The first-order valence-electron chi connectivity index (χ1n) is 5.22. The fraction of sp³-hybridized carbons (Fsp3) is 0. The van der Waals surface area contributed by atoms with E-state index < -0.39 is 0 Å². The molecule has 70 valence electrons. The smallest absolute Gasteiger partial charge is 0.160 e. The van der Waals surface area contributed by atoms with Crippen LogP contribution >= 0.6 is 0 Å². The Labute approximate surface area is 93.9 Å². The van der Waals surface area contributed by atoms with Gasteiger partial charge < -0.3 is 10.1 Å². The van der Waals surface area contributed by atoms with Gasteiger partial charge in [0.25, 0.3) is 0 Å². The molecular formula is C8H12B5NO. The Morgan fingerprint density at radius 1 is 0.800 bits per heavy atom. The minimum atomic E-state index is 0.433. The Hall–Kier alpha value is -1.12. The summed E-state index contributed by atoms with van der Waals surface area (Å²) in [5.41, 5.74) is 6.68. The summed E-state index contributed by atoms with van der Waals surface area (Å²) in [6.45, 7) is 0. The lowest BCUT2D eigenvalue weighted by Gasteiger charge is -2.10. The fourth-order valence-corrected chi connectivity index (χ4v) is 2.23. The topological polar surface area (TPSA) is 36.0 Å². The Kier molecular flexibility index (Phi) is 2.21. The van der Waals surface area contributed by atoms with E-state index in [2.05, 4.69) is 20.7 Å². The molecule has 0 atom stereocenters. The van der Waals surface area contributed by atoms with Crippen molar-refractivity contribution < 1.29 is 5.11 Å². The zero-order chi connectivity index (χ0) is 11.3. The van der Waals surface area contributed by atoms with E-state index in [0.717, 1.165) is 21.9 Å². The number of H-pyrrole nitrogens is 1. The zero-order valence-electron chi connectivity index (χ0n) is 9.95. The maximum absolute atomic E-state index is 10.0. The first kappa shape index (κ1) is 10.4. The van der Waals surface area contributed by atoms with E-state index in [1.807, 2.05) is 23.5 Å². The third kappa shape index (κ3) is 1.25. The lowest BCUT2D eigenvalue weighted by Crippen LogP contribution is -2.33. The number of aromatic amines is 1. The van der Waals surface area contributed by atoms with Crippen molar-refractivity contribution in [3.05, 3.63) is 0 Å². The van der Waals surface area contributed by atoms with Crippen LogP contribution in [0.25, 0.3) is 10.9 Å². The van der Waals surface area contributed by atoms with Gasteiger partial charge in [-0.15, -0.1) is 0 Å². The standard InChI is InChI=1S/C8H12B5NO/c9-2-1-3(10)8(13)14-6(1)4(11)5(12)7(2)15/h14-15H,9-13H2. The molecule has 2 rings (SSSR count). The minimum absolute atomic E-state index is 0.433. The van der Waals surface area contributed by atoms with Crippen molar-refractivity contribution in [2.75, 3.05) is 0 Å². The van der Waals surface area contributed by atoms with Crippen molar-refractivity contribution >= 4 is 77.6 Å². The summed E-state index contributed by atoms with van der Waals surface area (Å²) in [7, 11) is 10.1. The van der Waals surface area contributed by atoms with Gasteiger partial charge in [-0.05, 0) is 16.4 Å². The molecule has 2 N–H and O–H groups in total. The van der Waals surface area contributed by atoms with Crippen LogP contribution in [0.2, 0.25) is 0 Å². The number of phenolic OH excluding ortho intramolecular Hbond substituents is 1. The first-order valence-corrected chi connectivity index (χ1v) is 5.22. The molecule has 0 bridgehead atoms. The molecule has 0 saturated carbocycles. The molecule has 0 unspecified atom stereocenters. The van der Waals surface area contributed by atoms with E-state index >= 15 is 0 Å². The molecule has 1 aromatic heterocycles. The fourth-order valence-electron chi connectivity index (χ4n) is 2.23. The summed E-state index contributed by atoms with van der Waals surface area (Å²) in [5.74, 6) is 0.433. The average molecular weight is 192 g/mol. The Morgan fingerprint density at radius 3 is 2.00 bits per heavy atom. The predicted molar refractivity (Wildman–Crippen MR) is 80.9 cm³/mol. The SMILES string of the molecule is Bc1[nH]c2c(B)c(B)c(O)c(B)c2c1B. The second-order valence-electron chi connectivity index (χ2n) is 4.35. The number of aromatic hydroxyl groups is 1. The molecule has 0 aliphatic carbocycles. The summed E-state index contributed by atoms with van der Waals surface area (Å²) in [5, 5.41) is 11.2. The Bertz CT molecular complexity index is 562. The highest BCUT2D eigenvalue weighted by Crippen LogP contribution is 2.07. The van der Waals surface area contributed by atoms with Crippen molar-refractivity contribution in [1.29, 1.82) is 0 Å². The van der Waals surface area contributed by atoms with E-state index in [-0.39, 0.29) is 0 Å². The van der Waals surface area contributed by atoms with Gasteiger partial charge in [0.1, 0.15) is 37.1 Å². The average Bonchev–Trinajstić information content (AvgIpc) is 2.50. The number of rotatable bonds is 0. The van der Waals surface area contributed by atoms with Gasteiger partial charge >= 0.3 is 0 Å². The first-order chi connectivity index (χ1) is 6.95. The third-order valence-electron chi connectivity index (χ3n) is 3.52. The zero-order valence-corrected chi connectivity index (χ0v) is 9.95. The quantitative estimate of drug-likeness (QED) is 0.400. The number of nitrogens with one attached hydrogen (secondary N) is 1. The maximum atomic E-state index is 10.0. The summed E-state index contributed by atoms with van der Waals surface area (Å²) in [6, 6.07) is 0. The van der Waals surface area contributed by atoms with Crippen molar-refractivity contribution in [2.45, 2.75) is 0 Å². The molecule has 0 fully saturated rings. The van der Waals surface area contributed by atoms with Crippen molar-refractivity contribution in [3.8, 4) is 5.75 Å². The van der Waals surface area contributed by atoms with Crippen molar-refractivity contribution in [1.82, 2.24) is 4.98 Å². The van der Waals surface area contributed by atoms with Gasteiger partial charge in [0.2, 0.25) is 0 Å². The molecule has 0 spiro atoms. The van der Waals surface area contributed by atoms with Crippen LogP contribution in [-0.4, -0.2) is 49.3 Å². The van der Waals surface area contributed by atoms with Crippen LogP contribution in [0.1, 0.15) is 0 Å². The molecule has 7 heteroatoms. The van der Waals surface area contributed by atoms with Gasteiger partial charge in [0, 0.05) is 5.52 Å². The molecule has 0 aliphatic heterocycles. The van der Waals surface area contributed by atoms with Gasteiger partial charge in [-0.1, -0.05) is 16.4 Å². The largest absolute Gasteiger partial charge is 0.509 e. The Morgan fingerprint density at radius 2 is 1.40 bits per heavy atom. The van der Waals surface area contributed by atoms with Gasteiger partial charge in [0.15, 0.2) is 7.85 Å². The summed E-state index contributed by atoms with van der Waals surface area (Å²) in [4.78, 5) is 3.39. The summed E-state index contributed by atoms with van der Waals surface area (Å²) in [6.07, 6.45) is 0. The number of fused-ring (bicyclic) bond motifs is 1. The molecule has 2 aromatic rings. The van der Waals surface area contributed by atoms with E-state index in [4.69, 9.17) is 0 Å². The molecule has 2 nitrogen and oxygen atoms in total. The predicted octanol–water partition coefficient (Wildman–Crippen LogP) is -6.83. The van der Waals surface area contributed by atoms with E-state index in [1.54, 1.807) is 0 Å². The van der Waals surface area contributed by atoms with Crippen LogP contribution in [0, 0.1) is 0 Å². The highest BCUT2D eigenvalue weighted by atomic mass is 16.3. The summed E-state index contributed by atoms with van der Waals surface area (Å²) >= 11 is 0. The van der Waals surface area contributed by atoms with Crippen LogP contribution in [0.4, 0.5) is 0 Å². The Balaban J connectivity index is 3.07. The van der Waals surface area contributed by atoms with Crippen LogP contribution in [0.5, 0.6) is 5.75 Å². The molecule has 15 heavy (non-hydrogen) atoms. The molecule has 0 amide bonds. The lowest BCUT2D eigenvalue weighted by atomic mass is 9.72. The van der Waals surface area contributed by atoms with Gasteiger partial charge in [-0.3, -0.25) is 0 Å². The number of hydrogen-bond acceptors (Lipinski definition) is 1. The van der Waals surface area contributed by atoms with Crippen LogP contribution < -0.4 is 27.4 Å². The lowest BCUT2D eigenvalue weighted by molar-refractivity contribution is 0.485. The molecule has 1 heterocycles. The number of benzene rings is 1. The molecule has 1 aromatic carbocycles. The molecule has 0 aliphatic rings. The number of aromatic nitrogens is 1. The van der Waals surface area contributed by atoms with Crippen molar-refractivity contribution in [3.63, 3.8) is 0 Å².